The monoisotopic (exact) mass is 397 g/mol. The number of benzene rings is 1. The van der Waals surface area contributed by atoms with Crippen LogP contribution in [0.3, 0.4) is 0 Å². The number of thiophene rings is 1. The van der Waals surface area contributed by atoms with E-state index in [0.29, 0.717) is 18.1 Å². The molecule has 0 aliphatic heterocycles. The molecule has 1 amide bonds. The number of nitrogens with zero attached hydrogens (tertiary/aromatic N) is 2. The zero-order valence-electron chi connectivity index (χ0n) is 15.8. The van der Waals surface area contributed by atoms with E-state index in [1.54, 1.807) is 11.3 Å². The summed E-state index contributed by atoms with van der Waals surface area (Å²) in [4.78, 5) is 17.8. The van der Waals surface area contributed by atoms with Gasteiger partial charge in [-0.1, -0.05) is 24.2 Å². The Morgan fingerprint density at radius 3 is 2.93 bits per heavy atom. The predicted molar refractivity (Wildman–Crippen MR) is 107 cm³/mol. The number of carbonyl (C=O) groups is 1. The van der Waals surface area contributed by atoms with Gasteiger partial charge in [0.15, 0.2) is 6.10 Å². The molecule has 0 fully saturated rings. The molecule has 1 aliphatic carbocycles. The van der Waals surface area contributed by atoms with Crippen LogP contribution in [0.25, 0.3) is 10.7 Å². The number of aryl methyl sites for hydroxylation is 2. The summed E-state index contributed by atoms with van der Waals surface area (Å²) in [6.07, 6.45) is 4.70. The maximum absolute atomic E-state index is 12.6. The van der Waals surface area contributed by atoms with Crippen LogP contribution in [0.5, 0.6) is 5.75 Å². The molecule has 28 heavy (non-hydrogen) atoms. The second-order valence-corrected chi connectivity index (χ2v) is 7.81. The molecule has 0 bridgehead atoms. The van der Waals surface area contributed by atoms with E-state index in [-0.39, 0.29) is 12.5 Å². The van der Waals surface area contributed by atoms with Crippen LogP contribution in [0.4, 0.5) is 0 Å². The molecule has 2 aromatic heterocycles. The molecule has 0 spiro atoms. The summed E-state index contributed by atoms with van der Waals surface area (Å²) < 4.78 is 11.2. The third kappa shape index (κ3) is 4.25. The van der Waals surface area contributed by atoms with Gasteiger partial charge in [-0.25, -0.2) is 0 Å². The highest BCUT2D eigenvalue weighted by atomic mass is 32.1. The molecule has 3 aromatic rings. The van der Waals surface area contributed by atoms with Crippen LogP contribution in [0, 0.1) is 0 Å². The Labute approximate surface area is 167 Å². The minimum atomic E-state index is -0.554. The highest BCUT2D eigenvalue weighted by Crippen LogP contribution is 2.26. The molecule has 6 nitrogen and oxygen atoms in total. The predicted octanol–water partition coefficient (Wildman–Crippen LogP) is 4.15. The fraction of sp³-hybridized carbons (Fsp3) is 0.381. The molecule has 146 valence electrons. The van der Waals surface area contributed by atoms with E-state index in [0.717, 1.165) is 23.5 Å². The Morgan fingerprint density at radius 1 is 1.29 bits per heavy atom. The van der Waals surface area contributed by atoms with Crippen molar-refractivity contribution in [1.29, 1.82) is 0 Å². The second kappa shape index (κ2) is 8.56. The highest BCUT2D eigenvalue weighted by Gasteiger charge is 2.20. The lowest BCUT2D eigenvalue weighted by Gasteiger charge is -2.20. The number of hydrogen-bond acceptors (Lipinski definition) is 6. The Balaban J connectivity index is 1.35. The molecular formula is C21H23N3O3S. The lowest BCUT2D eigenvalue weighted by molar-refractivity contribution is -0.128. The van der Waals surface area contributed by atoms with Crippen molar-refractivity contribution in [1.82, 2.24) is 15.5 Å². The molecule has 0 saturated heterocycles. The van der Waals surface area contributed by atoms with Crippen molar-refractivity contribution in [3.05, 3.63) is 52.7 Å². The third-order valence-electron chi connectivity index (χ3n) is 4.89. The Kier molecular flexibility index (Phi) is 5.71. The van der Waals surface area contributed by atoms with Gasteiger partial charge < -0.3 is 14.6 Å². The summed E-state index contributed by atoms with van der Waals surface area (Å²) in [6.45, 7) is 2.12. The molecule has 1 N–H and O–H groups in total. The van der Waals surface area contributed by atoms with Crippen LogP contribution in [0.1, 0.15) is 43.2 Å². The zero-order valence-corrected chi connectivity index (χ0v) is 16.6. The second-order valence-electron chi connectivity index (χ2n) is 6.86. The van der Waals surface area contributed by atoms with E-state index in [9.17, 15) is 4.79 Å². The molecule has 1 aromatic carbocycles. The van der Waals surface area contributed by atoms with Crippen LogP contribution in [0.2, 0.25) is 0 Å². The topological polar surface area (TPSA) is 77.2 Å². The Bertz CT molecular complexity index is 936. The van der Waals surface area contributed by atoms with Crippen LogP contribution >= 0.6 is 11.3 Å². The average molecular weight is 398 g/mol. The average Bonchev–Trinajstić information content (AvgIpc) is 3.41. The van der Waals surface area contributed by atoms with Gasteiger partial charge in [-0.3, -0.25) is 4.79 Å². The third-order valence-corrected chi connectivity index (χ3v) is 5.75. The van der Waals surface area contributed by atoms with Gasteiger partial charge >= 0.3 is 0 Å². The first kappa shape index (κ1) is 18.7. The van der Waals surface area contributed by atoms with Gasteiger partial charge in [0.05, 0.1) is 11.4 Å². The SMILES string of the molecule is CC[C@@H](Oc1ccc2c(c1)CCCC2)C(=O)NCc1nc(-c2cccs2)no1. The van der Waals surface area contributed by atoms with Crippen molar-refractivity contribution in [2.75, 3.05) is 0 Å². The first-order chi connectivity index (χ1) is 13.7. The first-order valence-electron chi connectivity index (χ1n) is 9.65. The number of ether oxygens (including phenoxy) is 1. The summed E-state index contributed by atoms with van der Waals surface area (Å²) in [5, 5.41) is 8.74. The highest BCUT2D eigenvalue weighted by molar-refractivity contribution is 7.13. The summed E-state index contributed by atoms with van der Waals surface area (Å²) >= 11 is 1.54. The van der Waals surface area contributed by atoms with E-state index in [4.69, 9.17) is 9.26 Å². The lowest BCUT2D eigenvalue weighted by atomic mass is 9.92. The van der Waals surface area contributed by atoms with Gasteiger partial charge in [0.1, 0.15) is 5.75 Å². The summed E-state index contributed by atoms with van der Waals surface area (Å²) in [5.41, 5.74) is 2.74. The molecule has 7 heteroatoms. The van der Waals surface area contributed by atoms with Gasteiger partial charge in [0.25, 0.3) is 5.91 Å². The summed E-state index contributed by atoms with van der Waals surface area (Å²) in [7, 11) is 0. The molecule has 0 unspecified atom stereocenters. The van der Waals surface area contributed by atoms with Crippen molar-refractivity contribution in [2.24, 2.45) is 0 Å². The van der Waals surface area contributed by atoms with Crippen molar-refractivity contribution in [3.63, 3.8) is 0 Å². The van der Waals surface area contributed by atoms with Crippen molar-refractivity contribution in [2.45, 2.75) is 51.7 Å². The van der Waals surface area contributed by atoms with Gasteiger partial charge in [-0.2, -0.15) is 4.98 Å². The van der Waals surface area contributed by atoms with Crippen LogP contribution in [0.15, 0.2) is 40.2 Å². The molecule has 2 heterocycles. The van der Waals surface area contributed by atoms with E-state index in [2.05, 4.69) is 27.6 Å². The molecular weight excluding hydrogens is 374 g/mol. The molecule has 0 radical (unpaired) electrons. The number of rotatable bonds is 7. The van der Waals surface area contributed by atoms with Crippen molar-refractivity contribution >= 4 is 17.2 Å². The number of carbonyl (C=O) groups excluding carboxylic acids is 1. The fourth-order valence-electron chi connectivity index (χ4n) is 3.38. The smallest absolute Gasteiger partial charge is 0.261 e. The number of aromatic nitrogens is 2. The number of nitrogens with one attached hydrogen (secondary N) is 1. The van der Waals surface area contributed by atoms with E-state index < -0.39 is 6.10 Å². The molecule has 4 rings (SSSR count). The van der Waals surface area contributed by atoms with Crippen LogP contribution < -0.4 is 10.1 Å². The fourth-order valence-corrected chi connectivity index (χ4v) is 4.03. The minimum Gasteiger partial charge on any atom is -0.481 e. The zero-order chi connectivity index (χ0) is 19.3. The Hall–Kier alpha value is -2.67. The maximum Gasteiger partial charge on any atom is 0.261 e. The summed E-state index contributed by atoms with van der Waals surface area (Å²) in [5.74, 6) is 1.48. The lowest BCUT2D eigenvalue weighted by Crippen LogP contribution is -2.37. The van der Waals surface area contributed by atoms with Gasteiger partial charge in [0.2, 0.25) is 11.7 Å². The number of amides is 1. The van der Waals surface area contributed by atoms with E-state index >= 15 is 0 Å². The van der Waals surface area contributed by atoms with E-state index in [1.165, 1.54) is 24.0 Å². The quantitative estimate of drug-likeness (QED) is 0.648. The molecule has 1 atom stereocenters. The number of hydrogen-bond donors (Lipinski definition) is 1. The maximum atomic E-state index is 12.6. The normalized spacial score (nSPS) is 14.3. The molecule has 0 saturated carbocycles. The van der Waals surface area contributed by atoms with Gasteiger partial charge in [-0.15, -0.1) is 11.3 Å². The molecule has 1 aliphatic rings. The number of fused-ring (bicyclic) bond motifs is 1. The Morgan fingerprint density at radius 2 is 2.14 bits per heavy atom. The van der Waals surface area contributed by atoms with Crippen molar-refractivity contribution in [3.8, 4) is 16.5 Å². The van der Waals surface area contributed by atoms with Crippen LogP contribution in [-0.2, 0) is 24.2 Å². The minimum absolute atomic E-state index is 0.182. The summed E-state index contributed by atoms with van der Waals surface area (Å²) in [6, 6.07) is 10.0. The standard InChI is InChI=1S/C21H23N3O3S/c1-2-17(26-16-10-9-14-6-3-4-7-15(14)12-16)21(25)22-13-19-23-20(24-27-19)18-8-5-11-28-18/h5,8-12,17H,2-4,6-7,13H2,1H3,(H,22,25)/t17-/m1/s1. The van der Waals surface area contributed by atoms with E-state index in [1.807, 2.05) is 30.5 Å². The van der Waals surface area contributed by atoms with Gasteiger partial charge in [-0.05, 0) is 66.8 Å². The van der Waals surface area contributed by atoms with Gasteiger partial charge in [0, 0.05) is 0 Å². The van der Waals surface area contributed by atoms with Crippen molar-refractivity contribution < 1.29 is 14.1 Å². The largest absolute Gasteiger partial charge is 0.481 e. The first-order valence-corrected chi connectivity index (χ1v) is 10.5. The van der Waals surface area contributed by atoms with Crippen LogP contribution in [-0.4, -0.2) is 22.2 Å².